The van der Waals surface area contributed by atoms with Gasteiger partial charge >= 0.3 is 5.97 Å². The van der Waals surface area contributed by atoms with Gasteiger partial charge in [-0.3, -0.25) is 10.1 Å². The maximum atomic E-state index is 10.8. The second-order valence-electron chi connectivity index (χ2n) is 3.96. The SMILES string of the molecule is O=C(O)[C@H]1CSC(c2cc3ccccc3o2)N1. The number of fused-ring (bicyclic) bond motifs is 1. The third kappa shape index (κ3) is 1.92. The summed E-state index contributed by atoms with van der Waals surface area (Å²) in [5.74, 6) is 0.549. The molecule has 4 nitrogen and oxygen atoms in total. The first-order chi connectivity index (χ1) is 8.24. The molecule has 1 aliphatic heterocycles. The molecule has 1 fully saturated rings. The van der Waals surface area contributed by atoms with Gasteiger partial charge in [0, 0.05) is 11.1 Å². The van der Waals surface area contributed by atoms with Crippen molar-refractivity contribution in [2.75, 3.05) is 5.75 Å². The lowest BCUT2D eigenvalue weighted by molar-refractivity contribution is -0.138. The molecule has 0 saturated carbocycles. The zero-order valence-electron chi connectivity index (χ0n) is 8.92. The van der Waals surface area contributed by atoms with Crippen LogP contribution >= 0.6 is 11.8 Å². The second kappa shape index (κ2) is 4.09. The number of carboxylic acids is 1. The van der Waals surface area contributed by atoms with Crippen molar-refractivity contribution in [3.63, 3.8) is 0 Å². The van der Waals surface area contributed by atoms with Gasteiger partial charge in [-0.15, -0.1) is 11.8 Å². The van der Waals surface area contributed by atoms with Gasteiger partial charge in [-0.1, -0.05) is 18.2 Å². The summed E-state index contributed by atoms with van der Waals surface area (Å²) in [7, 11) is 0. The summed E-state index contributed by atoms with van der Waals surface area (Å²) < 4.78 is 5.70. The van der Waals surface area contributed by atoms with E-state index in [4.69, 9.17) is 9.52 Å². The van der Waals surface area contributed by atoms with Crippen LogP contribution in [0.1, 0.15) is 11.1 Å². The minimum atomic E-state index is -0.809. The number of thioether (sulfide) groups is 1. The molecule has 1 aromatic carbocycles. The van der Waals surface area contributed by atoms with Crippen molar-refractivity contribution < 1.29 is 14.3 Å². The van der Waals surface area contributed by atoms with Crippen LogP contribution in [0.5, 0.6) is 0 Å². The monoisotopic (exact) mass is 249 g/mol. The third-order valence-electron chi connectivity index (χ3n) is 2.78. The quantitative estimate of drug-likeness (QED) is 0.854. The highest BCUT2D eigenvalue weighted by Gasteiger charge is 2.32. The van der Waals surface area contributed by atoms with Gasteiger partial charge in [0.25, 0.3) is 0 Å². The van der Waals surface area contributed by atoms with Crippen LogP contribution < -0.4 is 5.32 Å². The molecule has 1 saturated heterocycles. The maximum Gasteiger partial charge on any atom is 0.321 e. The first-order valence-electron chi connectivity index (χ1n) is 5.33. The van der Waals surface area contributed by atoms with E-state index in [1.165, 1.54) is 0 Å². The molecule has 1 aliphatic rings. The van der Waals surface area contributed by atoms with E-state index in [0.717, 1.165) is 16.7 Å². The molecular formula is C12H11NO3S. The molecular weight excluding hydrogens is 238 g/mol. The maximum absolute atomic E-state index is 10.8. The molecule has 3 rings (SSSR count). The zero-order chi connectivity index (χ0) is 11.8. The summed E-state index contributed by atoms with van der Waals surface area (Å²) in [6.45, 7) is 0. The van der Waals surface area contributed by atoms with Crippen molar-refractivity contribution in [2.45, 2.75) is 11.4 Å². The zero-order valence-corrected chi connectivity index (χ0v) is 9.74. The van der Waals surface area contributed by atoms with Crippen LogP contribution in [0.15, 0.2) is 34.7 Å². The number of benzene rings is 1. The smallest absolute Gasteiger partial charge is 0.321 e. The van der Waals surface area contributed by atoms with Gasteiger partial charge in [-0.2, -0.15) is 0 Å². The Labute approximate surface area is 102 Å². The summed E-state index contributed by atoms with van der Waals surface area (Å²) in [4.78, 5) is 10.8. The average Bonchev–Trinajstić information content (AvgIpc) is 2.95. The fourth-order valence-electron chi connectivity index (χ4n) is 1.91. The van der Waals surface area contributed by atoms with E-state index in [0.29, 0.717) is 5.75 Å². The minimum Gasteiger partial charge on any atom is -0.480 e. The standard InChI is InChI=1S/C12H11NO3S/c14-12(15)8-6-17-11(13-8)10-5-7-3-1-2-4-9(7)16-10/h1-5,8,11,13H,6H2,(H,14,15)/t8-,11?/m1/s1. The number of hydrogen-bond acceptors (Lipinski definition) is 4. The van der Waals surface area contributed by atoms with Gasteiger partial charge in [0.05, 0.1) is 0 Å². The number of para-hydroxylation sites is 1. The van der Waals surface area contributed by atoms with E-state index in [2.05, 4.69) is 5.32 Å². The summed E-state index contributed by atoms with van der Waals surface area (Å²) >= 11 is 1.56. The first-order valence-corrected chi connectivity index (χ1v) is 6.38. The Morgan fingerprint density at radius 1 is 1.47 bits per heavy atom. The van der Waals surface area contributed by atoms with Gasteiger partial charge in [0.1, 0.15) is 22.8 Å². The van der Waals surface area contributed by atoms with Crippen LogP contribution in [0.3, 0.4) is 0 Å². The van der Waals surface area contributed by atoms with E-state index < -0.39 is 12.0 Å². The molecule has 17 heavy (non-hydrogen) atoms. The van der Waals surface area contributed by atoms with Crippen molar-refractivity contribution in [3.05, 3.63) is 36.1 Å². The summed E-state index contributed by atoms with van der Waals surface area (Å²) in [5, 5.41) is 12.9. The van der Waals surface area contributed by atoms with Crippen LogP contribution in [0.4, 0.5) is 0 Å². The molecule has 2 aromatic rings. The van der Waals surface area contributed by atoms with Gasteiger partial charge < -0.3 is 9.52 Å². The number of aliphatic carboxylic acids is 1. The molecule has 1 aromatic heterocycles. The lowest BCUT2D eigenvalue weighted by Crippen LogP contribution is -2.33. The van der Waals surface area contributed by atoms with E-state index in [1.54, 1.807) is 11.8 Å². The lowest BCUT2D eigenvalue weighted by atomic mass is 10.2. The Kier molecular flexibility index (Phi) is 2.57. The number of furan rings is 1. The molecule has 2 N–H and O–H groups in total. The van der Waals surface area contributed by atoms with Crippen molar-refractivity contribution in [3.8, 4) is 0 Å². The Hall–Kier alpha value is -1.46. The fraction of sp³-hybridized carbons (Fsp3) is 0.250. The van der Waals surface area contributed by atoms with E-state index in [1.807, 2.05) is 30.3 Å². The number of carboxylic acid groups (broad SMARTS) is 1. The Morgan fingerprint density at radius 3 is 3.00 bits per heavy atom. The number of nitrogens with one attached hydrogen (secondary N) is 1. The molecule has 5 heteroatoms. The molecule has 0 bridgehead atoms. The van der Waals surface area contributed by atoms with E-state index >= 15 is 0 Å². The number of carbonyl (C=O) groups is 1. The summed E-state index contributed by atoms with van der Waals surface area (Å²) in [6.07, 6.45) is 0. The molecule has 0 amide bonds. The second-order valence-corrected chi connectivity index (χ2v) is 5.10. The lowest BCUT2D eigenvalue weighted by Gasteiger charge is -2.06. The Balaban J connectivity index is 1.87. The van der Waals surface area contributed by atoms with E-state index in [9.17, 15) is 4.79 Å². The first kappa shape index (κ1) is 10.7. The molecule has 0 spiro atoms. The largest absolute Gasteiger partial charge is 0.480 e. The normalized spacial score (nSPS) is 24.2. The van der Waals surface area contributed by atoms with Crippen LogP contribution in [0, 0.1) is 0 Å². The van der Waals surface area contributed by atoms with Crippen molar-refractivity contribution in [1.82, 2.24) is 5.32 Å². The summed E-state index contributed by atoms with van der Waals surface area (Å²) in [6, 6.07) is 9.24. The topological polar surface area (TPSA) is 62.5 Å². The van der Waals surface area contributed by atoms with Crippen molar-refractivity contribution in [1.29, 1.82) is 0 Å². The van der Waals surface area contributed by atoms with Gasteiger partial charge in [-0.25, -0.2) is 0 Å². The molecule has 2 heterocycles. The summed E-state index contributed by atoms with van der Waals surface area (Å²) in [5.41, 5.74) is 0.837. The molecule has 1 unspecified atom stereocenters. The van der Waals surface area contributed by atoms with Crippen LogP contribution in [0.2, 0.25) is 0 Å². The molecule has 88 valence electrons. The van der Waals surface area contributed by atoms with Crippen molar-refractivity contribution >= 4 is 28.7 Å². The Bertz CT molecular complexity index is 533. The highest BCUT2D eigenvalue weighted by atomic mass is 32.2. The minimum absolute atomic E-state index is 0.0662. The average molecular weight is 249 g/mol. The fourth-order valence-corrected chi connectivity index (χ4v) is 3.07. The Morgan fingerprint density at radius 2 is 2.29 bits per heavy atom. The van der Waals surface area contributed by atoms with Crippen LogP contribution in [-0.4, -0.2) is 22.9 Å². The van der Waals surface area contributed by atoms with Crippen molar-refractivity contribution in [2.24, 2.45) is 0 Å². The molecule has 2 atom stereocenters. The van der Waals surface area contributed by atoms with Gasteiger partial charge in [0.2, 0.25) is 0 Å². The van der Waals surface area contributed by atoms with Gasteiger partial charge in [0.15, 0.2) is 0 Å². The number of rotatable bonds is 2. The number of hydrogen-bond donors (Lipinski definition) is 2. The molecule has 0 aliphatic carbocycles. The molecule has 0 radical (unpaired) electrons. The predicted molar refractivity (Wildman–Crippen MR) is 66.0 cm³/mol. The van der Waals surface area contributed by atoms with Gasteiger partial charge in [-0.05, 0) is 12.1 Å². The van der Waals surface area contributed by atoms with Crippen LogP contribution in [0.25, 0.3) is 11.0 Å². The van der Waals surface area contributed by atoms with Crippen LogP contribution in [-0.2, 0) is 4.79 Å². The van der Waals surface area contributed by atoms with E-state index in [-0.39, 0.29) is 5.37 Å². The highest BCUT2D eigenvalue weighted by Crippen LogP contribution is 2.35. The highest BCUT2D eigenvalue weighted by molar-refractivity contribution is 7.99. The third-order valence-corrected chi connectivity index (χ3v) is 4.01. The predicted octanol–water partition coefficient (Wildman–Crippen LogP) is 2.22.